The van der Waals surface area contributed by atoms with Gasteiger partial charge in [-0.1, -0.05) is 30.3 Å². The molecular formula is C25H45N5O6. The minimum atomic E-state index is -0.477. The van der Waals surface area contributed by atoms with Crippen LogP contribution >= 0.6 is 0 Å². The average Bonchev–Trinajstić information content (AvgIpc) is 2.88. The zero-order chi connectivity index (χ0) is 26.3. The monoisotopic (exact) mass is 511 g/mol. The predicted octanol–water partition coefficient (Wildman–Crippen LogP) is 1.50. The van der Waals surface area contributed by atoms with Crippen molar-refractivity contribution < 1.29 is 28.5 Å². The summed E-state index contributed by atoms with van der Waals surface area (Å²) in [5, 5.41) is 8.48. The van der Waals surface area contributed by atoms with E-state index in [1.54, 1.807) is 0 Å². The number of hydrogen-bond donors (Lipinski definition) is 5. The Morgan fingerprint density at radius 2 is 1.33 bits per heavy atom. The lowest BCUT2D eigenvalue weighted by Crippen LogP contribution is -2.51. The number of hydrogen-bond acceptors (Lipinski definition) is 8. The molecule has 0 aliphatic carbocycles. The summed E-state index contributed by atoms with van der Waals surface area (Å²) in [5.74, 6) is 0. The van der Waals surface area contributed by atoms with Crippen LogP contribution in [-0.2, 0) is 25.6 Å². The summed E-state index contributed by atoms with van der Waals surface area (Å²) in [6, 6.07) is 9.26. The van der Waals surface area contributed by atoms with E-state index in [2.05, 4.69) is 16.0 Å². The zero-order valence-corrected chi connectivity index (χ0v) is 21.6. The van der Waals surface area contributed by atoms with Crippen molar-refractivity contribution >= 4 is 12.1 Å². The van der Waals surface area contributed by atoms with Gasteiger partial charge in [-0.2, -0.15) is 0 Å². The number of urea groups is 1. The van der Waals surface area contributed by atoms with Crippen molar-refractivity contribution in [1.82, 2.24) is 16.0 Å². The maximum absolute atomic E-state index is 12.2. The highest BCUT2D eigenvalue weighted by atomic mass is 16.6. The third-order valence-electron chi connectivity index (χ3n) is 5.29. The standard InChI is InChI=1S/C25H45N5O6/c1-25(9-5-11-26,10-6-12-27)30-23(31)28-13-15-33-17-19-35-20-18-34-16-14-29-24(32)36-21-22-7-3-2-4-8-22/h2-4,7-8H,5-6,9-21,26-27H2,1H3,(H,29,32)(H2,28,30,31). The van der Waals surface area contributed by atoms with Crippen LogP contribution in [0.15, 0.2) is 30.3 Å². The Morgan fingerprint density at radius 1 is 0.806 bits per heavy atom. The first-order chi connectivity index (χ1) is 17.5. The van der Waals surface area contributed by atoms with Crippen LogP contribution in [0, 0.1) is 0 Å². The molecule has 0 unspecified atom stereocenters. The SMILES string of the molecule is CC(CCCN)(CCCN)NC(=O)NCCOCCOCCOCCNC(=O)OCc1ccccc1. The molecule has 11 nitrogen and oxygen atoms in total. The Balaban J connectivity index is 1.91. The second-order valence-electron chi connectivity index (χ2n) is 8.55. The highest BCUT2D eigenvalue weighted by Crippen LogP contribution is 2.18. The molecule has 36 heavy (non-hydrogen) atoms. The number of benzene rings is 1. The van der Waals surface area contributed by atoms with Gasteiger partial charge in [-0.05, 0) is 51.3 Å². The summed E-state index contributed by atoms with van der Waals surface area (Å²) in [6.07, 6.45) is 2.83. The molecule has 0 atom stereocenters. The fraction of sp³-hybridized carbons (Fsp3) is 0.680. The lowest BCUT2D eigenvalue weighted by atomic mass is 9.90. The van der Waals surface area contributed by atoms with E-state index in [0.29, 0.717) is 65.8 Å². The van der Waals surface area contributed by atoms with E-state index in [-0.39, 0.29) is 18.2 Å². The van der Waals surface area contributed by atoms with Crippen molar-refractivity contribution in [3.8, 4) is 0 Å². The molecule has 0 aliphatic rings. The minimum absolute atomic E-state index is 0.220. The summed E-state index contributed by atoms with van der Waals surface area (Å²) in [5.41, 5.74) is 11.8. The Bertz CT molecular complexity index is 687. The number of carbonyl (C=O) groups is 2. The fourth-order valence-corrected chi connectivity index (χ4v) is 3.33. The Morgan fingerprint density at radius 3 is 1.89 bits per heavy atom. The first kappa shape index (κ1) is 31.6. The quantitative estimate of drug-likeness (QED) is 0.155. The van der Waals surface area contributed by atoms with Gasteiger partial charge in [0.05, 0.1) is 39.6 Å². The molecule has 0 aliphatic heterocycles. The Labute approximate surface area is 214 Å². The lowest BCUT2D eigenvalue weighted by molar-refractivity contribution is 0.0158. The zero-order valence-electron chi connectivity index (χ0n) is 21.6. The number of alkyl carbamates (subject to hydrolysis) is 1. The average molecular weight is 512 g/mol. The largest absolute Gasteiger partial charge is 0.445 e. The Hall–Kier alpha value is -2.44. The van der Waals surface area contributed by atoms with Gasteiger partial charge in [-0.15, -0.1) is 0 Å². The van der Waals surface area contributed by atoms with Gasteiger partial charge in [0.25, 0.3) is 0 Å². The number of nitrogens with two attached hydrogens (primary N) is 2. The third kappa shape index (κ3) is 17.1. The molecule has 11 heteroatoms. The van der Waals surface area contributed by atoms with E-state index in [1.807, 2.05) is 37.3 Å². The smallest absolute Gasteiger partial charge is 0.407 e. The normalized spacial score (nSPS) is 11.2. The highest BCUT2D eigenvalue weighted by Gasteiger charge is 2.25. The summed E-state index contributed by atoms with van der Waals surface area (Å²) in [7, 11) is 0. The first-order valence-electron chi connectivity index (χ1n) is 12.6. The van der Waals surface area contributed by atoms with Crippen LogP contribution in [-0.4, -0.2) is 83.5 Å². The topological polar surface area (TPSA) is 159 Å². The van der Waals surface area contributed by atoms with Crippen LogP contribution in [0.4, 0.5) is 9.59 Å². The molecule has 1 aromatic carbocycles. The summed E-state index contributed by atoms with van der Waals surface area (Å²) < 4.78 is 21.4. The number of rotatable bonds is 21. The molecule has 3 amide bonds. The summed E-state index contributed by atoms with van der Waals surface area (Å²) >= 11 is 0. The molecule has 0 heterocycles. The van der Waals surface area contributed by atoms with E-state index in [9.17, 15) is 9.59 Å². The van der Waals surface area contributed by atoms with Crippen LogP contribution < -0.4 is 27.4 Å². The second kappa shape index (κ2) is 20.7. The summed E-state index contributed by atoms with van der Waals surface area (Å²) in [6.45, 7) is 6.63. The maximum Gasteiger partial charge on any atom is 0.407 e. The molecule has 0 saturated heterocycles. The molecule has 0 bridgehead atoms. The summed E-state index contributed by atoms with van der Waals surface area (Å²) in [4.78, 5) is 23.8. The minimum Gasteiger partial charge on any atom is -0.445 e. The van der Waals surface area contributed by atoms with Crippen LogP contribution in [0.5, 0.6) is 0 Å². The van der Waals surface area contributed by atoms with E-state index < -0.39 is 6.09 Å². The van der Waals surface area contributed by atoms with E-state index in [0.717, 1.165) is 31.2 Å². The van der Waals surface area contributed by atoms with Gasteiger partial charge in [0.2, 0.25) is 0 Å². The van der Waals surface area contributed by atoms with Gasteiger partial charge in [-0.3, -0.25) is 0 Å². The number of nitrogens with one attached hydrogen (secondary N) is 3. The van der Waals surface area contributed by atoms with E-state index >= 15 is 0 Å². The molecule has 7 N–H and O–H groups in total. The van der Waals surface area contributed by atoms with Crippen LogP contribution in [0.3, 0.4) is 0 Å². The molecule has 0 aromatic heterocycles. The first-order valence-corrected chi connectivity index (χ1v) is 12.6. The molecule has 0 saturated carbocycles. The molecule has 1 aromatic rings. The van der Waals surface area contributed by atoms with Crippen molar-refractivity contribution in [2.75, 3.05) is 65.8 Å². The number of ether oxygens (including phenoxy) is 4. The van der Waals surface area contributed by atoms with Gasteiger partial charge in [0.15, 0.2) is 0 Å². The molecule has 206 valence electrons. The van der Waals surface area contributed by atoms with Crippen molar-refractivity contribution in [2.45, 2.75) is 44.8 Å². The van der Waals surface area contributed by atoms with Crippen molar-refractivity contribution in [1.29, 1.82) is 0 Å². The number of amides is 3. The molecule has 1 rings (SSSR count). The molecule has 0 radical (unpaired) electrons. The van der Waals surface area contributed by atoms with Gasteiger partial charge in [0.1, 0.15) is 6.61 Å². The van der Waals surface area contributed by atoms with E-state index in [4.69, 9.17) is 30.4 Å². The van der Waals surface area contributed by atoms with Gasteiger partial charge in [-0.25, -0.2) is 9.59 Å². The van der Waals surface area contributed by atoms with Crippen molar-refractivity contribution in [3.05, 3.63) is 35.9 Å². The van der Waals surface area contributed by atoms with Crippen LogP contribution in [0.2, 0.25) is 0 Å². The Kier molecular flexibility index (Phi) is 18.2. The predicted molar refractivity (Wildman–Crippen MR) is 139 cm³/mol. The molecule has 0 fully saturated rings. The molecular weight excluding hydrogens is 466 g/mol. The van der Waals surface area contributed by atoms with Gasteiger partial charge < -0.3 is 46.4 Å². The number of carbonyl (C=O) groups excluding carboxylic acids is 2. The van der Waals surface area contributed by atoms with Gasteiger partial charge in [0, 0.05) is 18.6 Å². The van der Waals surface area contributed by atoms with Crippen molar-refractivity contribution in [2.24, 2.45) is 11.5 Å². The third-order valence-corrected chi connectivity index (χ3v) is 5.29. The molecule has 0 spiro atoms. The lowest BCUT2D eigenvalue weighted by Gasteiger charge is -2.31. The van der Waals surface area contributed by atoms with E-state index in [1.165, 1.54) is 0 Å². The van der Waals surface area contributed by atoms with Gasteiger partial charge >= 0.3 is 12.1 Å². The highest BCUT2D eigenvalue weighted by molar-refractivity contribution is 5.74. The fourth-order valence-electron chi connectivity index (χ4n) is 3.33. The van der Waals surface area contributed by atoms with Crippen LogP contribution in [0.25, 0.3) is 0 Å². The van der Waals surface area contributed by atoms with Crippen LogP contribution in [0.1, 0.15) is 38.2 Å². The maximum atomic E-state index is 12.2. The second-order valence-corrected chi connectivity index (χ2v) is 8.55. The van der Waals surface area contributed by atoms with Crippen molar-refractivity contribution in [3.63, 3.8) is 0 Å².